The molecule has 3 rings (SSSR count). The van der Waals surface area contributed by atoms with E-state index in [1.807, 2.05) is 31.3 Å². The second kappa shape index (κ2) is 6.12. The lowest BCUT2D eigenvalue weighted by molar-refractivity contribution is -0.148. The number of hydrogen-bond acceptors (Lipinski definition) is 4. The normalized spacial score (nSPS) is 16.1. The van der Waals surface area contributed by atoms with Gasteiger partial charge < -0.3 is 9.64 Å². The summed E-state index contributed by atoms with van der Waals surface area (Å²) in [6.45, 7) is 4.08. The first-order chi connectivity index (χ1) is 10.3. The van der Waals surface area contributed by atoms with Crippen molar-refractivity contribution in [2.75, 3.05) is 24.6 Å². The van der Waals surface area contributed by atoms with Crippen LogP contribution >= 0.6 is 0 Å². The van der Waals surface area contributed by atoms with Crippen LogP contribution in [0, 0.1) is 5.92 Å². The highest BCUT2D eigenvalue weighted by Crippen LogP contribution is 2.25. The van der Waals surface area contributed by atoms with Gasteiger partial charge in [-0.05, 0) is 31.9 Å². The Bertz CT molecular complexity index is 633. The molecule has 0 radical (unpaired) electrons. The summed E-state index contributed by atoms with van der Waals surface area (Å²) in [5, 5.41) is 1.16. The number of hydrogen-bond donors (Lipinski definition) is 0. The summed E-state index contributed by atoms with van der Waals surface area (Å²) in [4.78, 5) is 18.6. The monoisotopic (exact) mass is 284 g/mol. The zero-order valence-electron chi connectivity index (χ0n) is 12.3. The maximum absolute atomic E-state index is 11.8. The summed E-state index contributed by atoms with van der Waals surface area (Å²) in [5.74, 6) is 0.00315. The van der Waals surface area contributed by atoms with E-state index in [1.54, 1.807) is 0 Å². The first kappa shape index (κ1) is 13.9. The number of aromatic nitrogens is 1. The number of ether oxygens (including phenoxy) is 1. The lowest BCUT2D eigenvalue weighted by atomic mass is 9.96. The van der Waals surface area contributed by atoms with Gasteiger partial charge in [-0.3, -0.25) is 9.78 Å². The number of anilines is 1. The van der Waals surface area contributed by atoms with Gasteiger partial charge in [0.05, 0.1) is 29.9 Å². The van der Waals surface area contributed by atoms with Crippen LogP contribution in [0.5, 0.6) is 0 Å². The standard InChI is InChI=1S/C17H20N2O2/c1-2-21-17(20)13-7-9-19(10-8-13)15-11-14-5-3-4-6-16(14)18-12-15/h3-6,11-13H,2,7-10H2,1H3. The number of fused-ring (bicyclic) bond motifs is 1. The lowest BCUT2D eigenvalue weighted by Crippen LogP contribution is -2.37. The summed E-state index contributed by atoms with van der Waals surface area (Å²) in [6, 6.07) is 10.3. The van der Waals surface area contributed by atoms with Gasteiger partial charge in [-0.2, -0.15) is 0 Å². The number of benzene rings is 1. The molecule has 1 aromatic carbocycles. The minimum atomic E-state index is -0.0474. The Labute approximate surface area is 124 Å². The van der Waals surface area contributed by atoms with Crippen LogP contribution < -0.4 is 4.90 Å². The van der Waals surface area contributed by atoms with Crippen molar-refractivity contribution in [3.63, 3.8) is 0 Å². The minimum Gasteiger partial charge on any atom is -0.466 e. The zero-order valence-corrected chi connectivity index (χ0v) is 12.3. The third kappa shape index (κ3) is 2.99. The van der Waals surface area contributed by atoms with E-state index in [4.69, 9.17) is 4.74 Å². The first-order valence-corrected chi connectivity index (χ1v) is 7.54. The quantitative estimate of drug-likeness (QED) is 0.813. The Morgan fingerprint density at radius 1 is 1.33 bits per heavy atom. The molecule has 1 aromatic heterocycles. The number of nitrogens with zero attached hydrogens (tertiary/aromatic N) is 2. The average molecular weight is 284 g/mol. The highest BCUT2D eigenvalue weighted by atomic mass is 16.5. The predicted octanol–water partition coefficient (Wildman–Crippen LogP) is 3.01. The Morgan fingerprint density at radius 3 is 2.86 bits per heavy atom. The average Bonchev–Trinajstić information content (AvgIpc) is 2.55. The van der Waals surface area contributed by atoms with Gasteiger partial charge in [0.25, 0.3) is 0 Å². The van der Waals surface area contributed by atoms with Crippen molar-refractivity contribution in [3.05, 3.63) is 36.5 Å². The fraction of sp³-hybridized carbons (Fsp3) is 0.412. The molecule has 1 saturated heterocycles. The van der Waals surface area contributed by atoms with Crippen molar-refractivity contribution in [3.8, 4) is 0 Å². The Balaban J connectivity index is 1.69. The van der Waals surface area contributed by atoms with E-state index >= 15 is 0 Å². The molecule has 0 N–H and O–H groups in total. The van der Waals surface area contributed by atoms with Crippen LogP contribution in [0.2, 0.25) is 0 Å². The molecule has 0 aliphatic carbocycles. The second-order valence-electron chi connectivity index (χ2n) is 5.40. The summed E-state index contributed by atoms with van der Waals surface area (Å²) in [6.07, 6.45) is 3.63. The number of rotatable bonds is 3. The molecule has 0 amide bonds. The maximum Gasteiger partial charge on any atom is 0.309 e. The molecule has 1 fully saturated rings. The predicted molar refractivity (Wildman–Crippen MR) is 83.3 cm³/mol. The summed E-state index contributed by atoms with van der Waals surface area (Å²) < 4.78 is 5.11. The molecule has 110 valence electrons. The van der Waals surface area contributed by atoms with Gasteiger partial charge in [0.15, 0.2) is 0 Å². The summed E-state index contributed by atoms with van der Waals surface area (Å²) in [5.41, 5.74) is 2.15. The third-order valence-corrected chi connectivity index (χ3v) is 4.06. The fourth-order valence-electron chi connectivity index (χ4n) is 2.87. The molecule has 21 heavy (non-hydrogen) atoms. The van der Waals surface area contributed by atoms with Gasteiger partial charge in [0.1, 0.15) is 0 Å². The highest BCUT2D eigenvalue weighted by molar-refractivity contribution is 5.81. The molecule has 0 atom stereocenters. The molecule has 4 heteroatoms. The summed E-state index contributed by atoms with van der Waals surface area (Å²) >= 11 is 0. The number of carbonyl (C=O) groups is 1. The van der Waals surface area contributed by atoms with Crippen molar-refractivity contribution in [1.82, 2.24) is 4.98 Å². The maximum atomic E-state index is 11.8. The van der Waals surface area contributed by atoms with Crippen molar-refractivity contribution in [2.24, 2.45) is 5.92 Å². The first-order valence-electron chi connectivity index (χ1n) is 7.54. The van der Waals surface area contributed by atoms with E-state index in [0.717, 1.165) is 42.5 Å². The molecule has 1 aliphatic rings. The van der Waals surface area contributed by atoms with Crippen LogP contribution in [0.25, 0.3) is 10.9 Å². The van der Waals surface area contributed by atoms with Gasteiger partial charge in [-0.15, -0.1) is 0 Å². The molecular weight excluding hydrogens is 264 g/mol. The number of piperidine rings is 1. The van der Waals surface area contributed by atoms with Gasteiger partial charge >= 0.3 is 5.97 Å². The van der Waals surface area contributed by atoms with Crippen LogP contribution in [-0.4, -0.2) is 30.6 Å². The van der Waals surface area contributed by atoms with Crippen LogP contribution in [-0.2, 0) is 9.53 Å². The Hall–Kier alpha value is -2.10. The topological polar surface area (TPSA) is 42.4 Å². The number of pyridine rings is 1. The number of para-hydroxylation sites is 1. The van der Waals surface area contributed by atoms with Gasteiger partial charge in [0.2, 0.25) is 0 Å². The van der Waals surface area contributed by atoms with E-state index in [9.17, 15) is 4.79 Å². The minimum absolute atomic E-state index is 0.0474. The smallest absolute Gasteiger partial charge is 0.309 e. The Morgan fingerprint density at radius 2 is 2.10 bits per heavy atom. The molecule has 0 unspecified atom stereocenters. The molecular formula is C17H20N2O2. The SMILES string of the molecule is CCOC(=O)C1CCN(c2cnc3ccccc3c2)CC1. The summed E-state index contributed by atoms with van der Waals surface area (Å²) in [7, 11) is 0. The molecule has 0 saturated carbocycles. The van der Waals surface area contributed by atoms with Crippen LogP contribution in [0.1, 0.15) is 19.8 Å². The van der Waals surface area contributed by atoms with E-state index < -0.39 is 0 Å². The molecule has 0 bridgehead atoms. The van der Waals surface area contributed by atoms with E-state index in [-0.39, 0.29) is 11.9 Å². The van der Waals surface area contributed by atoms with Crippen LogP contribution in [0.3, 0.4) is 0 Å². The van der Waals surface area contributed by atoms with Crippen molar-refractivity contribution < 1.29 is 9.53 Å². The van der Waals surface area contributed by atoms with Gasteiger partial charge in [-0.25, -0.2) is 0 Å². The molecule has 0 spiro atoms. The van der Waals surface area contributed by atoms with Gasteiger partial charge in [-0.1, -0.05) is 18.2 Å². The third-order valence-electron chi connectivity index (χ3n) is 4.06. The second-order valence-corrected chi connectivity index (χ2v) is 5.40. The molecule has 2 aromatic rings. The Kier molecular flexibility index (Phi) is 4.04. The van der Waals surface area contributed by atoms with E-state index in [2.05, 4.69) is 22.0 Å². The fourth-order valence-corrected chi connectivity index (χ4v) is 2.87. The highest BCUT2D eigenvalue weighted by Gasteiger charge is 2.26. The van der Waals surface area contributed by atoms with E-state index in [1.165, 1.54) is 0 Å². The van der Waals surface area contributed by atoms with Crippen molar-refractivity contribution in [1.29, 1.82) is 0 Å². The number of carbonyl (C=O) groups excluding carboxylic acids is 1. The lowest BCUT2D eigenvalue weighted by Gasteiger charge is -2.32. The molecule has 1 aliphatic heterocycles. The van der Waals surface area contributed by atoms with Crippen LogP contribution in [0.4, 0.5) is 5.69 Å². The zero-order chi connectivity index (χ0) is 14.7. The molecule has 2 heterocycles. The molecule has 4 nitrogen and oxygen atoms in total. The largest absolute Gasteiger partial charge is 0.466 e. The van der Waals surface area contributed by atoms with Crippen LogP contribution in [0.15, 0.2) is 36.5 Å². The van der Waals surface area contributed by atoms with E-state index in [0.29, 0.717) is 6.61 Å². The number of esters is 1. The van der Waals surface area contributed by atoms with Crippen molar-refractivity contribution >= 4 is 22.6 Å². The van der Waals surface area contributed by atoms with Gasteiger partial charge in [0, 0.05) is 18.5 Å². The van der Waals surface area contributed by atoms with Crippen molar-refractivity contribution in [2.45, 2.75) is 19.8 Å².